The number of nitrogens with one attached hydrogen (secondary N) is 2. The van der Waals surface area contributed by atoms with Crippen molar-refractivity contribution >= 4 is 5.91 Å². The molecule has 0 saturated heterocycles. The summed E-state index contributed by atoms with van der Waals surface area (Å²) in [7, 11) is 0. The van der Waals surface area contributed by atoms with Gasteiger partial charge < -0.3 is 10.3 Å². The van der Waals surface area contributed by atoms with Crippen LogP contribution in [-0.2, 0) is 17.8 Å². The van der Waals surface area contributed by atoms with Crippen molar-refractivity contribution in [1.29, 1.82) is 0 Å². The van der Waals surface area contributed by atoms with Gasteiger partial charge in [-0.2, -0.15) is 0 Å². The Bertz CT molecular complexity index is 496. The molecule has 1 amide bonds. The highest BCUT2D eigenvalue weighted by atomic mass is 19.1. The van der Waals surface area contributed by atoms with E-state index in [1.807, 2.05) is 0 Å². The van der Waals surface area contributed by atoms with Gasteiger partial charge in [0.25, 0.3) is 0 Å². The van der Waals surface area contributed by atoms with Gasteiger partial charge in [-0.05, 0) is 6.07 Å². The molecule has 5 heteroatoms. The topological polar surface area (TPSA) is 57.8 Å². The highest BCUT2D eigenvalue weighted by Crippen LogP contribution is 2.05. The van der Waals surface area contributed by atoms with Crippen molar-refractivity contribution in [3.63, 3.8) is 0 Å². The fourth-order valence-corrected chi connectivity index (χ4v) is 1.45. The maximum absolute atomic E-state index is 13.2. The number of hydrogen-bond donors (Lipinski definition) is 2. The summed E-state index contributed by atoms with van der Waals surface area (Å²) in [4.78, 5) is 18.2. The first kappa shape index (κ1) is 11.3. The lowest BCUT2D eigenvalue weighted by Crippen LogP contribution is -2.25. The summed E-state index contributed by atoms with van der Waals surface area (Å²) in [6, 6.07) is 6.37. The summed E-state index contributed by atoms with van der Waals surface area (Å²) in [6.07, 6.45) is 3.32. The Morgan fingerprint density at radius 1 is 1.41 bits per heavy atom. The second kappa shape index (κ2) is 5.25. The molecule has 0 bridgehead atoms. The van der Waals surface area contributed by atoms with Gasteiger partial charge in [-0.15, -0.1) is 0 Å². The molecule has 0 atom stereocenters. The Hall–Kier alpha value is -2.17. The van der Waals surface area contributed by atoms with E-state index in [9.17, 15) is 9.18 Å². The fourth-order valence-electron chi connectivity index (χ4n) is 1.45. The molecule has 2 aromatic rings. The van der Waals surface area contributed by atoms with Gasteiger partial charge >= 0.3 is 0 Å². The Morgan fingerprint density at radius 3 is 2.94 bits per heavy atom. The van der Waals surface area contributed by atoms with Gasteiger partial charge in [-0.25, -0.2) is 9.37 Å². The molecule has 2 rings (SSSR count). The van der Waals surface area contributed by atoms with Crippen LogP contribution in [-0.4, -0.2) is 15.9 Å². The van der Waals surface area contributed by atoms with Crippen LogP contribution in [0, 0.1) is 5.82 Å². The van der Waals surface area contributed by atoms with Crippen LogP contribution in [0.5, 0.6) is 0 Å². The smallest absolute Gasteiger partial charge is 0.226 e. The number of H-pyrrole nitrogens is 1. The van der Waals surface area contributed by atoms with E-state index in [1.54, 1.807) is 24.4 Å². The molecule has 0 aliphatic carbocycles. The Labute approximate surface area is 97.9 Å². The zero-order valence-corrected chi connectivity index (χ0v) is 9.11. The van der Waals surface area contributed by atoms with Gasteiger partial charge in [0.05, 0.1) is 12.7 Å². The van der Waals surface area contributed by atoms with Crippen molar-refractivity contribution in [2.75, 3.05) is 0 Å². The maximum atomic E-state index is 13.2. The normalized spacial score (nSPS) is 10.2. The quantitative estimate of drug-likeness (QED) is 0.838. The number of carbonyl (C=O) groups is 1. The van der Waals surface area contributed by atoms with Gasteiger partial charge in [-0.1, -0.05) is 18.2 Å². The highest BCUT2D eigenvalue weighted by Gasteiger charge is 2.05. The molecule has 88 valence electrons. The molecule has 0 aliphatic heterocycles. The molecule has 0 spiro atoms. The highest BCUT2D eigenvalue weighted by molar-refractivity contribution is 5.77. The molecule has 4 nitrogen and oxygen atoms in total. The number of amides is 1. The number of benzene rings is 1. The minimum Gasteiger partial charge on any atom is -0.352 e. The summed E-state index contributed by atoms with van der Waals surface area (Å²) in [5.74, 6) is -0.480. The Balaban J connectivity index is 1.86. The van der Waals surface area contributed by atoms with E-state index in [1.165, 1.54) is 12.4 Å². The van der Waals surface area contributed by atoms with Crippen molar-refractivity contribution in [3.8, 4) is 0 Å². The fraction of sp³-hybridized carbons (Fsp3) is 0.167. The van der Waals surface area contributed by atoms with Crippen molar-refractivity contribution < 1.29 is 9.18 Å². The predicted octanol–water partition coefficient (Wildman–Crippen LogP) is 1.41. The first-order valence-electron chi connectivity index (χ1n) is 5.23. The second-order valence-electron chi connectivity index (χ2n) is 3.62. The Kier molecular flexibility index (Phi) is 3.49. The first-order chi connectivity index (χ1) is 8.25. The summed E-state index contributed by atoms with van der Waals surface area (Å²) >= 11 is 0. The summed E-state index contributed by atoms with van der Waals surface area (Å²) in [5.41, 5.74) is 1.21. The third-order valence-electron chi connectivity index (χ3n) is 2.34. The third kappa shape index (κ3) is 3.14. The second-order valence-corrected chi connectivity index (χ2v) is 3.62. The number of carbonyl (C=O) groups excluding carboxylic acids is 1. The van der Waals surface area contributed by atoms with Crippen LogP contribution in [0.1, 0.15) is 11.3 Å². The van der Waals surface area contributed by atoms with Crippen LogP contribution in [0.3, 0.4) is 0 Å². The lowest BCUT2D eigenvalue weighted by Gasteiger charge is -2.05. The predicted molar refractivity (Wildman–Crippen MR) is 60.5 cm³/mol. The van der Waals surface area contributed by atoms with Crippen LogP contribution in [0.15, 0.2) is 36.8 Å². The van der Waals surface area contributed by atoms with Crippen LogP contribution in [0.4, 0.5) is 4.39 Å². The minimum absolute atomic E-state index is 0.169. The van der Waals surface area contributed by atoms with Gasteiger partial charge in [0.15, 0.2) is 0 Å². The number of aromatic nitrogens is 2. The number of hydrogen-bond acceptors (Lipinski definition) is 2. The van der Waals surface area contributed by atoms with E-state index in [4.69, 9.17) is 0 Å². The van der Waals surface area contributed by atoms with Crippen LogP contribution >= 0.6 is 0 Å². The molecule has 17 heavy (non-hydrogen) atoms. The van der Waals surface area contributed by atoms with E-state index < -0.39 is 0 Å². The molecule has 0 fully saturated rings. The number of imidazole rings is 1. The molecule has 1 aromatic carbocycles. The lowest BCUT2D eigenvalue weighted by atomic mass is 10.2. The molecule has 0 radical (unpaired) electrons. The molecule has 2 N–H and O–H groups in total. The van der Waals surface area contributed by atoms with Gasteiger partial charge in [0.2, 0.25) is 5.91 Å². The van der Waals surface area contributed by atoms with Crippen LogP contribution in [0.2, 0.25) is 0 Å². The van der Waals surface area contributed by atoms with E-state index >= 15 is 0 Å². The standard InChI is InChI=1S/C12H12FN3O/c13-11-4-2-1-3-9(11)6-15-12(17)5-10-7-14-8-16-10/h1-4,7-8H,5-6H2,(H,14,16)(H,15,17). The van der Waals surface area contributed by atoms with Crippen LogP contribution in [0.25, 0.3) is 0 Å². The van der Waals surface area contributed by atoms with Crippen molar-refractivity contribution in [1.82, 2.24) is 15.3 Å². The largest absolute Gasteiger partial charge is 0.352 e. The van der Waals surface area contributed by atoms with Crippen molar-refractivity contribution in [2.45, 2.75) is 13.0 Å². The maximum Gasteiger partial charge on any atom is 0.226 e. The molecular formula is C12H12FN3O. The zero-order valence-electron chi connectivity index (χ0n) is 9.11. The first-order valence-corrected chi connectivity index (χ1v) is 5.23. The molecule has 0 unspecified atom stereocenters. The van der Waals surface area contributed by atoms with Gasteiger partial charge in [-0.3, -0.25) is 4.79 Å². The van der Waals surface area contributed by atoms with E-state index in [2.05, 4.69) is 15.3 Å². The lowest BCUT2D eigenvalue weighted by molar-refractivity contribution is -0.120. The molecular weight excluding hydrogens is 221 g/mol. The number of halogens is 1. The van der Waals surface area contributed by atoms with E-state index in [0.717, 1.165) is 5.69 Å². The zero-order chi connectivity index (χ0) is 12.1. The minimum atomic E-state index is -0.311. The molecule has 1 aromatic heterocycles. The SMILES string of the molecule is O=C(Cc1cnc[nH]1)NCc1ccccc1F. The van der Waals surface area contributed by atoms with Crippen LogP contribution < -0.4 is 5.32 Å². The van der Waals surface area contributed by atoms with Gasteiger partial charge in [0.1, 0.15) is 5.82 Å². The third-order valence-corrected chi connectivity index (χ3v) is 2.34. The average Bonchev–Trinajstić information content (AvgIpc) is 2.81. The summed E-state index contributed by atoms with van der Waals surface area (Å²) in [6.45, 7) is 0.194. The monoisotopic (exact) mass is 233 g/mol. The van der Waals surface area contributed by atoms with E-state index in [0.29, 0.717) is 5.56 Å². The van der Waals surface area contributed by atoms with E-state index in [-0.39, 0.29) is 24.7 Å². The molecule has 0 aliphatic rings. The molecule has 1 heterocycles. The van der Waals surface area contributed by atoms with Gasteiger partial charge in [0, 0.05) is 24.0 Å². The number of rotatable bonds is 4. The van der Waals surface area contributed by atoms with Crippen molar-refractivity contribution in [3.05, 3.63) is 53.9 Å². The Morgan fingerprint density at radius 2 is 2.24 bits per heavy atom. The summed E-state index contributed by atoms with van der Waals surface area (Å²) < 4.78 is 13.2. The summed E-state index contributed by atoms with van der Waals surface area (Å²) in [5, 5.41) is 2.65. The average molecular weight is 233 g/mol. The number of aromatic amines is 1. The number of nitrogens with zero attached hydrogens (tertiary/aromatic N) is 1. The molecule has 0 saturated carbocycles. The van der Waals surface area contributed by atoms with Crippen molar-refractivity contribution in [2.24, 2.45) is 0 Å².